The number of hydrogen-bond acceptors (Lipinski definition) is 4. The van der Waals surface area contributed by atoms with Crippen LogP contribution in [0.4, 0.5) is 5.69 Å². The van der Waals surface area contributed by atoms with Gasteiger partial charge in [-0.05, 0) is 37.1 Å². The summed E-state index contributed by atoms with van der Waals surface area (Å²) in [5.41, 5.74) is 0.441. The van der Waals surface area contributed by atoms with Crippen molar-refractivity contribution in [3.05, 3.63) is 36.4 Å². The topological polar surface area (TPSA) is 101 Å². The van der Waals surface area contributed by atoms with E-state index in [1.807, 2.05) is 0 Å². The summed E-state index contributed by atoms with van der Waals surface area (Å²) in [6.07, 6.45) is 5.39. The van der Waals surface area contributed by atoms with Crippen LogP contribution in [-0.2, 0) is 19.4 Å². The molecule has 1 aromatic carbocycles. The fraction of sp³-hybridized carbons (Fsp3) is 0.333. The number of carbonyl (C=O) groups excluding carboxylic acids is 1. The van der Waals surface area contributed by atoms with Crippen LogP contribution in [-0.4, -0.2) is 31.7 Å². The Bertz CT molecular complexity index is 706. The molecule has 1 aromatic rings. The third-order valence-electron chi connectivity index (χ3n) is 3.64. The average Bonchev–Trinajstić information content (AvgIpc) is 2.46. The molecule has 0 aliphatic heterocycles. The van der Waals surface area contributed by atoms with Crippen molar-refractivity contribution in [2.75, 3.05) is 11.6 Å². The average molecular weight is 323 g/mol. The lowest BCUT2D eigenvalue weighted by Crippen LogP contribution is -2.34. The van der Waals surface area contributed by atoms with Crippen LogP contribution in [0, 0.1) is 11.8 Å². The van der Waals surface area contributed by atoms with Gasteiger partial charge in [0.25, 0.3) is 0 Å². The first-order valence-electron chi connectivity index (χ1n) is 6.78. The Hall–Kier alpha value is -2.15. The third kappa shape index (κ3) is 3.73. The lowest BCUT2D eigenvalue weighted by Gasteiger charge is -2.24. The third-order valence-corrected chi connectivity index (χ3v) is 4.76. The number of hydrogen-bond donors (Lipinski definition) is 2. The summed E-state index contributed by atoms with van der Waals surface area (Å²) in [4.78, 5) is 23.6. The lowest BCUT2D eigenvalue weighted by molar-refractivity contribution is -0.146. The molecule has 2 rings (SSSR count). The van der Waals surface area contributed by atoms with Gasteiger partial charge in [-0.25, -0.2) is 8.42 Å². The number of nitrogens with one attached hydrogen (secondary N) is 1. The molecule has 0 spiro atoms. The Balaban J connectivity index is 2.11. The quantitative estimate of drug-likeness (QED) is 0.821. The zero-order valence-corrected chi connectivity index (χ0v) is 12.8. The van der Waals surface area contributed by atoms with Gasteiger partial charge in [0, 0.05) is 11.9 Å². The second kappa shape index (κ2) is 6.31. The zero-order chi connectivity index (χ0) is 16.3. The Labute approximate surface area is 128 Å². The molecular weight excluding hydrogens is 306 g/mol. The number of sulfone groups is 1. The summed E-state index contributed by atoms with van der Waals surface area (Å²) in [6.45, 7) is 0. The summed E-state index contributed by atoms with van der Waals surface area (Å²) < 4.78 is 22.7. The van der Waals surface area contributed by atoms with Gasteiger partial charge < -0.3 is 10.4 Å². The minimum Gasteiger partial charge on any atom is -0.481 e. The summed E-state index contributed by atoms with van der Waals surface area (Å²) in [6, 6.07) is 5.78. The molecule has 6 nitrogen and oxygen atoms in total. The van der Waals surface area contributed by atoms with E-state index in [1.54, 1.807) is 12.2 Å². The molecule has 118 valence electrons. The predicted molar refractivity (Wildman–Crippen MR) is 81.2 cm³/mol. The molecule has 0 heterocycles. The van der Waals surface area contributed by atoms with Gasteiger partial charge in [0.2, 0.25) is 5.91 Å². The molecule has 0 radical (unpaired) electrons. The van der Waals surface area contributed by atoms with Crippen molar-refractivity contribution in [1.82, 2.24) is 0 Å². The van der Waals surface area contributed by atoms with Gasteiger partial charge in [0.1, 0.15) is 0 Å². The monoisotopic (exact) mass is 323 g/mol. The number of carboxylic acids is 1. The Morgan fingerprint density at radius 2 is 1.64 bits per heavy atom. The Morgan fingerprint density at radius 1 is 1.09 bits per heavy atom. The minimum atomic E-state index is -3.29. The van der Waals surface area contributed by atoms with Crippen LogP contribution in [0.5, 0.6) is 0 Å². The predicted octanol–water partition coefficient (Wildman–Crippen LogP) is 1.70. The van der Waals surface area contributed by atoms with Crippen molar-refractivity contribution in [1.29, 1.82) is 0 Å². The molecule has 0 unspecified atom stereocenters. The molecule has 1 amide bonds. The van der Waals surface area contributed by atoms with Gasteiger partial charge >= 0.3 is 5.97 Å². The molecule has 7 heteroatoms. The number of carbonyl (C=O) groups is 2. The van der Waals surface area contributed by atoms with E-state index in [0.717, 1.165) is 6.26 Å². The molecule has 0 aromatic heterocycles. The highest BCUT2D eigenvalue weighted by molar-refractivity contribution is 7.90. The van der Waals surface area contributed by atoms with Crippen LogP contribution >= 0.6 is 0 Å². The lowest BCUT2D eigenvalue weighted by atomic mass is 9.82. The Morgan fingerprint density at radius 3 is 2.14 bits per heavy atom. The Kier molecular flexibility index (Phi) is 4.65. The highest BCUT2D eigenvalue weighted by atomic mass is 32.2. The maximum absolute atomic E-state index is 12.2. The van der Waals surface area contributed by atoms with E-state index >= 15 is 0 Å². The van der Waals surface area contributed by atoms with Gasteiger partial charge in [-0.15, -0.1) is 0 Å². The van der Waals surface area contributed by atoms with Crippen LogP contribution in [0.15, 0.2) is 41.3 Å². The molecule has 2 N–H and O–H groups in total. The number of amides is 1. The van der Waals surface area contributed by atoms with Crippen LogP contribution in [0.3, 0.4) is 0 Å². The zero-order valence-electron chi connectivity index (χ0n) is 12.0. The minimum absolute atomic E-state index is 0.162. The van der Waals surface area contributed by atoms with Crippen molar-refractivity contribution < 1.29 is 23.1 Å². The second-order valence-corrected chi connectivity index (χ2v) is 7.30. The van der Waals surface area contributed by atoms with Crippen molar-refractivity contribution in [3.8, 4) is 0 Å². The summed E-state index contributed by atoms with van der Waals surface area (Å²) in [5, 5.41) is 11.8. The first-order chi connectivity index (χ1) is 10.3. The fourth-order valence-corrected chi connectivity index (χ4v) is 3.03. The second-order valence-electron chi connectivity index (χ2n) is 5.28. The van der Waals surface area contributed by atoms with E-state index in [1.165, 1.54) is 24.3 Å². The van der Waals surface area contributed by atoms with Crippen LogP contribution in [0.2, 0.25) is 0 Å². The van der Waals surface area contributed by atoms with Crippen molar-refractivity contribution in [2.45, 2.75) is 17.7 Å². The van der Waals surface area contributed by atoms with E-state index < -0.39 is 27.6 Å². The van der Waals surface area contributed by atoms with Gasteiger partial charge in [0.05, 0.1) is 16.7 Å². The summed E-state index contributed by atoms with van der Waals surface area (Å²) in [5.74, 6) is -2.72. The van der Waals surface area contributed by atoms with Crippen LogP contribution < -0.4 is 5.32 Å². The molecule has 2 atom stereocenters. The van der Waals surface area contributed by atoms with E-state index in [4.69, 9.17) is 5.11 Å². The molecule has 0 saturated carbocycles. The molecule has 0 bridgehead atoms. The largest absolute Gasteiger partial charge is 0.481 e. The van der Waals surface area contributed by atoms with Gasteiger partial charge in [-0.3, -0.25) is 9.59 Å². The first-order valence-corrected chi connectivity index (χ1v) is 8.67. The van der Waals surface area contributed by atoms with Crippen LogP contribution in [0.25, 0.3) is 0 Å². The maximum Gasteiger partial charge on any atom is 0.307 e. The number of rotatable bonds is 4. The molecule has 22 heavy (non-hydrogen) atoms. The highest BCUT2D eigenvalue weighted by Crippen LogP contribution is 2.27. The normalized spacial score (nSPS) is 21.3. The smallest absolute Gasteiger partial charge is 0.307 e. The van der Waals surface area contributed by atoms with Crippen molar-refractivity contribution in [2.24, 2.45) is 11.8 Å². The van der Waals surface area contributed by atoms with Gasteiger partial charge in [-0.2, -0.15) is 0 Å². The SMILES string of the molecule is CS(=O)(=O)c1ccc(NC(=O)[C@@H]2CC=CC[C@H]2C(=O)O)cc1. The number of anilines is 1. The summed E-state index contributed by atoms with van der Waals surface area (Å²) >= 11 is 0. The number of benzene rings is 1. The van der Waals surface area contributed by atoms with E-state index in [0.29, 0.717) is 18.5 Å². The molecular formula is C15H17NO5S. The number of aliphatic carboxylic acids is 1. The highest BCUT2D eigenvalue weighted by Gasteiger charge is 2.33. The standard InChI is InChI=1S/C15H17NO5S/c1-22(20,21)11-8-6-10(7-9-11)16-14(17)12-4-2-3-5-13(12)15(18)19/h2-3,6-9,12-13H,4-5H2,1H3,(H,16,17)(H,18,19)/t12-,13-/m1/s1. The maximum atomic E-state index is 12.2. The van der Waals surface area contributed by atoms with Gasteiger partial charge in [0.15, 0.2) is 9.84 Å². The summed E-state index contributed by atoms with van der Waals surface area (Å²) in [7, 11) is -3.29. The van der Waals surface area contributed by atoms with Gasteiger partial charge in [-0.1, -0.05) is 12.2 Å². The van der Waals surface area contributed by atoms with Crippen LogP contribution in [0.1, 0.15) is 12.8 Å². The first kappa shape index (κ1) is 16.2. The molecule has 0 fully saturated rings. The van der Waals surface area contributed by atoms with E-state index in [9.17, 15) is 18.0 Å². The van der Waals surface area contributed by atoms with E-state index in [-0.39, 0.29) is 10.8 Å². The number of allylic oxidation sites excluding steroid dienone is 2. The molecule has 1 aliphatic carbocycles. The molecule has 0 saturated heterocycles. The fourth-order valence-electron chi connectivity index (χ4n) is 2.40. The molecule has 1 aliphatic rings. The van der Waals surface area contributed by atoms with E-state index in [2.05, 4.69) is 5.32 Å². The van der Waals surface area contributed by atoms with Crippen molar-refractivity contribution >= 4 is 27.4 Å². The number of carboxylic acid groups (broad SMARTS) is 1. The van der Waals surface area contributed by atoms with Crippen molar-refractivity contribution in [3.63, 3.8) is 0 Å².